The summed E-state index contributed by atoms with van der Waals surface area (Å²) in [5.74, 6) is 0.171. The number of carbonyl (C=O) groups excluding carboxylic acids is 2. The molecule has 2 rings (SSSR count). The van der Waals surface area contributed by atoms with Crippen molar-refractivity contribution in [2.75, 3.05) is 19.6 Å². The third kappa shape index (κ3) is 4.31. The summed E-state index contributed by atoms with van der Waals surface area (Å²) in [6, 6.07) is 7.08. The fraction of sp³-hybridized carbons (Fsp3) is 0.529. The summed E-state index contributed by atoms with van der Waals surface area (Å²) in [7, 11) is 0. The molecular weight excluding hydrogens is 278 g/mol. The fourth-order valence-corrected chi connectivity index (χ4v) is 2.62. The summed E-state index contributed by atoms with van der Waals surface area (Å²) in [5, 5.41) is 9.22. The van der Waals surface area contributed by atoms with Crippen LogP contribution in [0, 0.1) is 5.92 Å². The van der Waals surface area contributed by atoms with Gasteiger partial charge in [-0.25, -0.2) is 0 Å². The Bertz CT molecular complexity index is 530. The Morgan fingerprint density at radius 3 is 2.68 bits per heavy atom. The Morgan fingerprint density at radius 2 is 2.00 bits per heavy atom. The third-order valence-electron chi connectivity index (χ3n) is 4.02. The zero-order valence-corrected chi connectivity index (χ0v) is 13.3. The molecule has 0 bridgehead atoms. The van der Waals surface area contributed by atoms with E-state index in [-0.39, 0.29) is 17.9 Å². The molecule has 22 heavy (non-hydrogen) atoms. The molecule has 2 amide bonds. The van der Waals surface area contributed by atoms with E-state index in [0.29, 0.717) is 23.6 Å². The van der Waals surface area contributed by atoms with Gasteiger partial charge in [-0.3, -0.25) is 9.59 Å². The van der Waals surface area contributed by atoms with Gasteiger partial charge in [-0.1, -0.05) is 19.9 Å². The quantitative estimate of drug-likeness (QED) is 0.773. The zero-order chi connectivity index (χ0) is 15.9. The van der Waals surface area contributed by atoms with E-state index in [4.69, 9.17) is 0 Å². The van der Waals surface area contributed by atoms with E-state index in [2.05, 4.69) is 22.9 Å². The van der Waals surface area contributed by atoms with Crippen molar-refractivity contribution in [1.82, 2.24) is 16.0 Å². The van der Waals surface area contributed by atoms with E-state index in [9.17, 15) is 9.59 Å². The van der Waals surface area contributed by atoms with E-state index in [1.54, 1.807) is 24.3 Å². The van der Waals surface area contributed by atoms with Crippen molar-refractivity contribution in [2.24, 2.45) is 5.92 Å². The van der Waals surface area contributed by atoms with Crippen LogP contribution in [0.25, 0.3) is 0 Å². The lowest BCUT2D eigenvalue weighted by Crippen LogP contribution is -2.48. The minimum absolute atomic E-state index is 0.108. The first-order valence-electron chi connectivity index (χ1n) is 8.01. The number of nitrogens with one attached hydrogen (secondary N) is 3. The van der Waals surface area contributed by atoms with Gasteiger partial charge in [0.1, 0.15) is 0 Å². The predicted molar refractivity (Wildman–Crippen MR) is 87.0 cm³/mol. The molecule has 5 nitrogen and oxygen atoms in total. The number of amides is 2. The Balaban J connectivity index is 2.02. The van der Waals surface area contributed by atoms with E-state index >= 15 is 0 Å². The van der Waals surface area contributed by atoms with Gasteiger partial charge in [-0.2, -0.15) is 0 Å². The van der Waals surface area contributed by atoms with Gasteiger partial charge < -0.3 is 16.0 Å². The fourth-order valence-electron chi connectivity index (χ4n) is 2.62. The number of hydrogen-bond acceptors (Lipinski definition) is 3. The van der Waals surface area contributed by atoms with E-state index in [0.717, 1.165) is 25.9 Å². The molecule has 2 atom stereocenters. The minimum Gasteiger partial charge on any atom is -0.352 e. The van der Waals surface area contributed by atoms with Crippen LogP contribution in [0.3, 0.4) is 0 Å². The Labute approximate surface area is 131 Å². The maximum atomic E-state index is 12.4. The van der Waals surface area contributed by atoms with E-state index in [1.165, 1.54) is 0 Å². The summed E-state index contributed by atoms with van der Waals surface area (Å²) in [6.07, 6.45) is 1.82. The second-order valence-corrected chi connectivity index (χ2v) is 5.89. The van der Waals surface area contributed by atoms with Crippen LogP contribution in [0.5, 0.6) is 0 Å². The smallest absolute Gasteiger partial charge is 0.251 e. The number of benzene rings is 1. The summed E-state index contributed by atoms with van der Waals surface area (Å²) in [5.41, 5.74) is 1.06. The molecule has 3 N–H and O–H groups in total. The number of carbonyl (C=O) groups is 2. The largest absolute Gasteiger partial charge is 0.352 e. The molecule has 1 saturated heterocycles. The van der Waals surface area contributed by atoms with Crippen LogP contribution < -0.4 is 16.0 Å². The van der Waals surface area contributed by atoms with Crippen molar-refractivity contribution in [3.8, 4) is 0 Å². The lowest BCUT2D eigenvalue weighted by molar-refractivity contribution is 0.0914. The summed E-state index contributed by atoms with van der Waals surface area (Å²) in [6.45, 7) is 6.62. The van der Waals surface area contributed by atoms with E-state index in [1.807, 2.05) is 6.92 Å². The molecule has 1 aromatic carbocycles. The molecule has 0 aliphatic carbocycles. The van der Waals surface area contributed by atoms with Gasteiger partial charge in [-0.05, 0) is 50.0 Å². The van der Waals surface area contributed by atoms with Gasteiger partial charge in [0, 0.05) is 23.7 Å². The Hall–Kier alpha value is -1.88. The van der Waals surface area contributed by atoms with Crippen molar-refractivity contribution >= 4 is 11.8 Å². The molecule has 1 aliphatic rings. The van der Waals surface area contributed by atoms with Gasteiger partial charge >= 0.3 is 0 Å². The second kappa shape index (κ2) is 7.94. The van der Waals surface area contributed by atoms with Crippen molar-refractivity contribution < 1.29 is 9.59 Å². The van der Waals surface area contributed by atoms with Crippen molar-refractivity contribution in [1.29, 1.82) is 0 Å². The molecule has 1 aromatic rings. The summed E-state index contributed by atoms with van der Waals surface area (Å²) >= 11 is 0. The predicted octanol–water partition coefficient (Wildman–Crippen LogP) is 1.55. The molecule has 0 saturated carbocycles. The first-order chi connectivity index (χ1) is 10.6. The van der Waals surface area contributed by atoms with Gasteiger partial charge in [0.15, 0.2) is 0 Å². The first kappa shape index (κ1) is 16.5. The summed E-state index contributed by atoms with van der Waals surface area (Å²) in [4.78, 5) is 24.4. The highest BCUT2D eigenvalue weighted by atomic mass is 16.2. The van der Waals surface area contributed by atoms with Gasteiger partial charge in [0.2, 0.25) is 0 Å². The van der Waals surface area contributed by atoms with Crippen LogP contribution in [0.15, 0.2) is 24.3 Å². The minimum atomic E-state index is -0.133. The normalized spacial score (nSPS) is 21.2. The number of rotatable bonds is 5. The van der Waals surface area contributed by atoms with Crippen LogP contribution in [0.2, 0.25) is 0 Å². The van der Waals surface area contributed by atoms with Crippen LogP contribution in [0.4, 0.5) is 0 Å². The maximum absolute atomic E-state index is 12.4. The van der Waals surface area contributed by atoms with Crippen molar-refractivity contribution in [3.63, 3.8) is 0 Å². The average Bonchev–Trinajstić information content (AvgIpc) is 2.54. The maximum Gasteiger partial charge on any atom is 0.251 e. The lowest BCUT2D eigenvalue weighted by atomic mass is 9.95. The van der Waals surface area contributed by atoms with Gasteiger partial charge in [0.25, 0.3) is 11.8 Å². The van der Waals surface area contributed by atoms with Crippen molar-refractivity contribution in [2.45, 2.75) is 32.7 Å². The van der Waals surface area contributed by atoms with Crippen LogP contribution in [-0.2, 0) is 0 Å². The lowest BCUT2D eigenvalue weighted by Gasteiger charge is -2.30. The van der Waals surface area contributed by atoms with Crippen molar-refractivity contribution in [3.05, 3.63) is 35.4 Å². The highest BCUT2D eigenvalue weighted by molar-refractivity contribution is 5.99. The number of hydrogen-bond donors (Lipinski definition) is 3. The molecule has 0 spiro atoms. The first-order valence-corrected chi connectivity index (χ1v) is 8.01. The molecule has 0 radical (unpaired) electrons. The molecule has 120 valence electrons. The molecule has 2 unspecified atom stereocenters. The molecule has 1 heterocycles. The highest BCUT2D eigenvalue weighted by Crippen LogP contribution is 2.12. The third-order valence-corrected chi connectivity index (χ3v) is 4.02. The molecule has 1 aliphatic heterocycles. The van der Waals surface area contributed by atoms with E-state index < -0.39 is 0 Å². The highest BCUT2D eigenvalue weighted by Gasteiger charge is 2.23. The average molecular weight is 303 g/mol. The van der Waals surface area contributed by atoms with Crippen LogP contribution >= 0.6 is 0 Å². The van der Waals surface area contributed by atoms with Crippen LogP contribution in [-0.4, -0.2) is 37.5 Å². The Kier molecular flexibility index (Phi) is 5.95. The second-order valence-electron chi connectivity index (χ2n) is 5.89. The molecular formula is C17H25N3O2. The monoisotopic (exact) mass is 303 g/mol. The topological polar surface area (TPSA) is 70.2 Å². The van der Waals surface area contributed by atoms with Gasteiger partial charge in [-0.15, -0.1) is 0 Å². The summed E-state index contributed by atoms with van der Waals surface area (Å²) < 4.78 is 0. The number of piperidine rings is 1. The van der Waals surface area contributed by atoms with Gasteiger partial charge in [0.05, 0.1) is 0 Å². The standard InChI is InChI=1S/C17H25N3O2/c1-3-8-19-16(21)13-5-4-6-14(10-13)17(22)20-15-7-9-18-11-12(15)2/h4-6,10,12,15,18H,3,7-9,11H2,1-2H3,(H,19,21)(H,20,22). The SMILES string of the molecule is CCCNC(=O)c1cccc(C(=O)NC2CCNCC2C)c1. The molecule has 5 heteroatoms. The molecule has 1 fully saturated rings. The zero-order valence-electron chi connectivity index (χ0n) is 13.3. The van der Waals surface area contributed by atoms with Crippen LogP contribution in [0.1, 0.15) is 47.4 Å². The molecule has 0 aromatic heterocycles. The Morgan fingerprint density at radius 1 is 1.27 bits per heavy atom.